The fraction of sp³-hybridized carbons (Fsp3) is 0.0833. The fourth-order valence-corrected chi connectivity index (χ4v) is 3.23. The number of fused-ring (bicyclic) bond motifs is 1. The Labute approximate surface area is 158 Å². The molecule has 0 unspecified atom stereocenters. The number of Topliss-reactive ketones (excluding diaryl/α,β-unsaturated/α-hetero) is 1. The highest BCUT2D eigenvalue weighted by Crippen LogP contribution is 2.26. The minimum atomic E-state index is -0.104. The van der Waals surface area contributed by atoms with Gasteiger partial charge in [0.05, 0.1) is 11.6 Å². The summed E-state index contributed by atoms with van der Waals surface area (Å²) in [5.41, 5.74) is 3.76. The first-order chi connectivity index (χ1) is 13.3. The van der Waals surface area contributed by atoms with Crippen LogP contribution < -0.4 is 5.32 Å². The molecular weight excluding hydrogens is 332 g/mol. The number of hydrogen-bond acceptors (Lipinski definition) is 3. The van der Waals surface area contributed by atoms with Crippen molar-refractivity contribution in [3.05, 3.63) is 108 Å². The molecule has 0 saturated carbocycles. The second kappa shape index (κ2) is 7.83. The molecule has 3 heteroatoms. The van der Waals surface area contributed by atoms with Gasteiger partial charge in [-0.25, -0.2) is 0 Å². The number of anilines is 1. The molecule has 0 aliphatic rings. The Morgan fingerprint density at radius 1 is 0.852 bits per heavy atom. The van der Waals surface area contributed by atoms with E-state index in [0.29, 0.717) is 6.42 Å². The average molecular weight is 352 g/mol. The van der Waals surface area contributed by atoms with E-state index in [9.17, 15) is 4.79 Å². The van der Waals surface area contributed by atoms with Gasteiger partial charge in [-0.15, -0.1) is 0 Å². The van der Waals surface area contributed by atoms with E-state index in [2.05, 4.69) is 28.5 Å². The SMILES string of the molecule is O=C(C[C@H](Nc1ccc2ncccc2c1)c1ccccc1)c1ccccc1. The number of carbonyl (C=O) groups is 1. The van der Waals surface area contributed by atoms with Gasteiger partial charge in [0.2, 0.25) is 0 Å². The van der Waals surface area contributed by atoms with Crippen molar-refractivity contribution in [1.82, 2.24) is 4.98 Å². The highest BCUT2D eigenvalue weighted by Gasteiger charge is 2.17. The summed E-state index contributed by atoms with van der Waals surface area (Å²) < 4.78 is 0. The molecule has 4 aromatic rings. The summed E-state index contributed by atoms with van der Waals surface area (Å²) in [6.07, 6.45) is 2.18. The van der Waals surface area contributed by atoms with Crippen LogP contribution in [0.4, 0.5) is 5.69 Å². The average Bonchev–Trinajstić information content (AvgIpc) is 2.74. The molecule has 0 fully saturated rings. The molecule has 0 aliphatic heterocycles. The van der Waals surface area contributed by atoms with E-state index in [-0.39, 0.29) is 11.8 Å². The van der Waals surface area contributed by atoms with Crippen LogP contribution in [0.15, 0.2) is 97.2 Å². The molecule has 0 bridgehead atoms. The van der Waals surface area contributed by atoms with E-state index in [4.69, 9.17) is 0 Å². The molecule has 1 atom stereocenters. The third kappa shape index (κ3) is 4.04. The van der Waals surface area contributed by atoms with E-state index in [1.807, 2.05) is 72.8 Å². The van der Waals surface area contributed by atoms with Crippen molar-refractivity contribution >= 4 is 22.4 Å². The highest BCUT2D eigenvalue weighted by molar-refractivity contribution is 5.96. The fourth-order valence-electron chi connectivity index (χ4n) is 3.23. The molecule has 1 N–H and O–H groups in total. The van der Waals surface area contributed by atoms with E-state index in [0.717, 1.165) is 27.7 Å². The monoisotopic (exact) mass is 352 g/mol. The van der Waals surface area contributed by atoms with Crippen LogP contribution in [-0.2, 0) is 0 Å². The van der Waals surface area contributed by atoms with Crippen LogP contribution in [0.3, 0.4) is 0 Å². The first kappa shape index (κ1) is 17.0. The van der Waals surface area contributed by atoms with Gasteiger partial charge in [-0.3, -0.25) is 9.78 Å². The summed E-state index contributed by atoms with van der Waals surface area (Å²) in [5, 5.41) is 4.61. The lowest BCUT2D eigenvalue weighted by atomic mass is 9.97. The molecule has 4 rings (SSSR count). The topological polar surface area (TPSA) is 42.0 Å². The second-order valence-corrected chi connectivity index (χ2v) is 6.51. The minimum absolute atomic E-state index is 0.104. The number of carbonyl (C=O) groups excluding carboxylic acids is 1. The molecule has 0 radical (unpaired) electrons. The van der Waals surface area contributed by atoms with Crippen LogP contribution in [0.5, 0.6) is 0 Å². The number of benzene rings is 3. The Morgan fingerprint density at radius 3 is 2.37 bits per heavy atom. The summed E-state index contributed by atoms with van der Waals surface area (Å²) in [7, 11) is 0. The number of hydrogen-bond donors (Lipinski definition) is 1. The third-order valence-electron chi connectivity index (χ3n) is 4.63. The van der Waals surface area contributed by atoms with Gasteiger partial charge in [-0.05, 0) is 29.8 Å². The Kier molecular flexibility index (Phi) is 4.93. The number of pyridine rings is 1. The zero-order valence-corrected chi connectivity index (χ0v) is 14.9. The predicted molar refractivity (Wildman–Crippen MR) is 110 cm³/mol. The molecule has 0 aliphatic carbocycles. The number of nitrogens with zero attached hydrogens (tertiary/aromatic N) is 1. The lowest BCUT2D eigenvalue weighted by Gasteiger charge is -2.20. The van der Waals surface area contributed by atoms with Gasteiger partial charge in [0.25, 0.3) is 0 Å². The number of rotatable bonds is 6. The maximum Gasteiger partial charge on any atom is 0.165 e. The molecule has 3 aromatic carbocycles. The Morgan fingerprint density at radius 2 is 1.59 bits per heavy atom. The van der Waals surface area contributed by atoms with Crippen molar-refractivity contribution in [2.75, 3.05) is 5.32 Å². The smallest absolute Gasteiger partial charge is 0.165 e. The van der Waals surface area contributed by atoms with Gasteiger partial charge < -0.3 is 5.32 Å². The van der Waals surface area contributed by atoms with Crippen molar-refractivity contribution in [3.8, 4) is 0 Å². The maximum atomic E-state index is 12.8. The molecule has 1 heterocycles. The minimum Gasteiger partial charge on any atom is -0.378 e. The molecule has 132 valence electrons. The normalized spacial score (nSPS) is 11.9. The zero-order valence-electron chi connectivity index (χ0n) is 14.9. The van der Waals surface area contributed by atoms with Crippen LogP contribution in [0.25, 0.3) is 10.9 Å². The summed E-state index contributed by atoms with van der Waals surface area (Å²) in [5.74, 6) is 0.124. The number of nitrogens with one attached hydrogen (secondary N) is 1. The highest BCUT2D eigenvalue weighted by atomic mass is 16.1. The van der Waals surface area contributed by atoms with Crippen LogP contribution in [0.1, 0.15) is 28.4 Å². The van der Waals surface area contributed by atoms with E-state index in [1.54, 1.807) is 6.20 Å². The van der Waals surface area contributed by atoms with Crippen molar-refractivity contribution in [3.63, 3.8) is 0 Å². The van der Waals surface area contributed by atoms with Gasteiger partial charge in [0, 0.05) is 29.3 Å². The molecular formula is C24H20N2O. The maximum absolute atomic E-state index is 12.8. The van der Waals surface area contributed by atoms with Crippen LogP contribution in [-0.4, -0.2) is 10.8 Å². The van der Waals surface area contributed by atoms with Crippen molar-refractivity contribution in [1.29, 1.82) is 0 Å². The first-order valence-electron chi connectivity index (χ1n) is 9.04. The summed E-state index contributed by atoms with van der Waals surface area (Å²) in [6.45, 7) is 0. The molecule has 0 amide bonds. The quantitative estimate of drug-likeness (QED) is 0.455. The first-order valence-corrected chi connectivity index (χ1v) is 9.04. The third-order valence-corrected chi connectivity index (χ3v) is 4.63. The second-order valence-electron chi connectivity index (χ2n) is 6.51. The van der Waals surface area contributed by atoms with E-state index >= 15 is 0 Å². The van der Waals surface area contributed by atoms with E-state index < -0.39 is 0 Å². The van der Waals surface area contributed by atoms with Crippen LogP contribution in [0, 0.1) is 0 Å². The molecule has 27 heavy (non-hydrogen) atoms. The van der Waals surface area contributed by atoms with Crippen molar-refractivity contribution in [2.45, 2.75) is 12.5 Å². The van der Waals surface area contributed by atoms with Gasteiger partial charge in [-0.1, -0.05) is 66.7 Å². The lowest BCUT2D eigenvalue weighted by Crippen LogP contribution is -2.15. The molecule has 1 aromatic heterocycles. The molecule has 0 saturated heterocycles. The van der Waals surface area contributed by atoms with Crippen molar-refractivity contribution in [2.24, 2.45) is 0 Å². The Bertz CT molecular complexity index is 1050. The standard InChI is InChI=1S/C24H20N2O/c27-24(19-10-5-2-6-11-19)17-23(18-8-3-1-4-9-18)26-21-13-14-22-20(16-21)12-7-15-25-22/h1-16,23,26H,17H2/t23-/m0/s1. The van der Waals surface area contributed by atoms with Gasteiger partial charge in [-0.2, -0.15) is 0 Å². The van der Waals surface area contributed by atoms with E-state index in [1.165, 1.54) is 0 Å². The molecule has 3 nitrogen and oxygen atoms in total. The van der Waals surface area contributed by atoms with Crippen molar-refractivity contribution < 1.29 is 4.79 Å². The predicted octanol–water partition coefficient (Wildman–Crippen LogP) is 5.66. The van der Waals surface area contributed by atoms with Gasteiger partial charge in [0.1, 0.15) is 0 Å². The van der Waals surface area contributed by atoms with Gasteiger partial charge in [0.15, 0.2) is 5.78 Å². The summed E-state index contributed by atoms with van der Waals surface area (Å²) in [4.78, 5) is 17.1. The molecule has 0 spiro atoms. The van der Waals surface area contributed by atoms with Crippen LogP contribution >= 0.6 is 0 Å². The largest absolute Gasteiger partial charge is 0.378 e. The zero-order chi connectivity index (χ0) is 18.5. The lowest BCUT2D eigenvalue weighted by molar-refractivity contribution is 0.0976. The Balaban J connectivity index is 1.62. The summed E-state index contributed by atoms with van der Waals surface area (Å²) in [6, 6.07) is 29.5. The van der Waals surface area contributed by atoms with Crippen LogP contribution in [0.2, 0.25) is 0 Å². The summed E-state index contributed by atoms with van der Waals surface area (Å²) >= 11 is 0. The Hall–Kier alpha value is -3.46. The number of aromatic nitrogens is 1. The number of ketones is 1. The van der Waals surface area contributed by atoms with Gasteiger partial charge >= 0.3 is 0 Å².